The molecular formula is C19H21N3O8. The van der Waals surface area contributed by atoms with E-state index in [0.29, 0.717) is 23.5 Å². The molecule has 0 radical (unpaired) electrons. The summed E-state index contributed by atoms with van der Waals surface area (Å²) in [7, 11) is 0. The second-order valence-corrected chi connectivity index (χ2v) is 6.89. The van der Waals surface area contributed by atoms with E-state index in [0.717, 1.165) is 6.08 Å². The van der Waals surface area contributed by atoms with E-state index in [2.05, 4.69) is 10.3 Å². The molecule has 3 rings (SSSR count). The number of ether oxygens (including phenoxy) is 2. The maximum absolute atomic E-state index is 11.1. The number of rotatable bonds is 8. The smallest absolute Gasteiger partial charge is 0.370 e. The van der Waals surface area contributed by atoms with Crippen LogP contribution in [0.2, 0.25) is 0 Å². The first kappa shape index (κ1) is 21.4. The van der Waals surface area contributed by atoms with Crippen LogP contribution in [0.15, 0.2) is 42.3 Å². The number of aliphatic carboxylic acids is 1. The molecule has 1 aliphatic rings. The van der Waals surface area contributed by atoms with Gasteiger partial charge in [0.05, 0.1) is 18.8 Å². The normalized spacial score (nSPS) is 23.1. The van der Waals surface area contributed by atoms with Crippen molar-refractivity contribution in [3.8, 4) is 17.0 Å². The summed E-state index contributed by atoms with van der Waals surface area (Å²) >= 11 is 0. The predicted molar refractivity (Wildman–Crippen MR) is 99.9 cm³/mol. The van der Waals surface area contributed by atoms with Crippen molar-refractivity contribution >= 4 is 12.4 Å². The molecule has 0 spiro atoms. The van der Waals surface area contributed by atoms with Crippen LogP contribution in [0.4, 0.5) is 0 Å². The third kappa shape index (κ3) is 4.64. The average Bonchev–Trinajstić information content (AvgIpc) is 3.18. The van der Waals surface area contributed by atoms with Crippen LogP contribution in [0.1, 0.15) is 6.92 Å². The monoisotopic (exact) mass is 419 g/mol. The van der Waals surface area contributed by atoms with Crippen molar-refractivity contribution in [3.63, 3.8) is 0 Å². The summed E-state index contributed by atoms with van der Waals surface area (Å²) in [5.41, 5.74) is 1.18. The van der Waals surface area contributed by atoms with Crippen molar-refractivity contribution in [1.82, 2.24) is 15.0 Å². The molecule has 1 aromatic carbocycles. The minimum atomic E-state index is -1.48. The molecule has 0 aliphatic carbocycles. The highest BCUT2D eigenvalue weighted by molar-refractivity contribution is 5.84. The van der Waals surface area contributed by atoms with E-state index in [1.165, 1.54) is 4.68 Å². The lowest BCUT2D eigenvalue weighted by Crippen LogP contribution is -2.49. The van der Waals surface area contributed by atoms with E-state index in [1.54, 1.807) is 37.4 Å². The van der Waals surface area contributed by atoms with Crippen LogP contribution in [0.5, 0.6) is 5.75 Å². The summed E-state index contributed by atoms with van der Waals surface area (Å²) in [5, 5.41) is 47.9. The number of aromatic nitrogens is 3. The fourth-order valence-corrected chi connectivity index (χ4v) is 3.10. The van der Waals surface area contributed by atoms with Gasteiger partial charge in [-0.3, -0.25) is 4.79 Å². The van der Waals surface area contributed by atoms with Gasteiger partial charge >= 0.3 is 5.97 Å². The summed E-state index contributed by atoms with van der Waals surface area (Å²) in [6.07, 6.45) is -2.51. The molecule has 30 heavy (non-hydrogen) atoms. The standard InChI is InChI=1S/C19H21N3O8/c1-10-14(24)6-16(19(27)28)30-18(10)17(26)15(25)8-22-7-13(20-21-22)11-2-4-12(5-3-11)29-9-23/h2-7,9-10,14-15,17-18,24-26H,8H2,1H3,(H,27,28)/t10-,14-,15?,17?,18?/m1/s1. The SMILES string of the molecule is C[C@H]1C(C(O)C(O)Cn2cc(-c3ccc(OC=O)cc3)nn2)OC(C(=O)O)=C[C@H]1O. The molecular weight excluding hydrogens is 398 g/mol. The number of aliphatic hydroxyl groups is 3. The molecule has 1 aromatic heterocycles. The Balaban J connectivity index is 1.67. The maximum Gasteiger partial charge on any atom is 0.370 e. The molecule has 2 heterocycles. The molecule has 3 unspecified atom stereocenters. The zero-order valence-electron chi connectivity index (χ0n) is 15.9. The molecule has 2 aromatic rings. The number of nitrogens with zero attached hydrogens (tertiary/aromatic N) is 3. The van der Waals surface area contributed by atoms with Crippen LogP contribution in [-0.2, 0) is 20.9 Å². The van der Waals surface area contributed by atoms with Crippen molar-refractivity contribution in [2.75, 3.05) is 0 Å². The van der Waals surface area contributed by atoms with Crippen molar-refractivity contribution in [2.24, 2.45) is 5.92 Å². The third-order valence-corrected chi connectivity index (χ3v) is 4.83. The summed E-state index contributed by atoms with van der Waals surface area (Å²) in [5.74, 6) is -2.13. The molecule has 0 amide bonds. The molecule has 0 fully saturated rings. The van der Waals surface area contributed by atoms with Crippen LogP contribution >= 0.6 is 0 Å². The summed E-state index contributed by atoms with van der Waals surface area (Å²) < 4.78 is 11.3. The second-order valence-electron chi connectivity index (χ2n) is 6.89. The van der Waals surface area contributed by atoms with E-state index in [-0.39, 0.29) is 6.54 Å². The summed E-state index contributed by atoms with van der Waals surface area (Å²) in [4.78, 5) is 21.5. The fraction of sp³-hybridized carbons (Fsp3) is 0.368. The Morgan fingerprint density at radius 3 is 2.67 bits per heavy atom. The number of carbonyl (C=O) groups is 2. The highest BCUT2D eigenvalue weighted by atomic mass is 16.5. The van der Waals surface area contributed by atoms with E-state index in [1.807, 2.05) is 0 Å². The van der Waals surface area contributed by atoms with E-state index >= 15 is 0 Å². The van der Waals surface area contributed by atoms with Gasteiger partial charge in [0, 0.05) is 11.5 Å². The van der Waals surface area contributed by atoms with E-state index < -0.39 is 42.1 Å². The van der Waals surface area contributed by atoms with Gasteiger partial charge in [0.1, 0.15) is 29.8 Å². The molecule has 11 heteroatoms. The zero-order valence-corrected chi connectivity index (χ0v) is 15.9. The Bertz CT molecular complexity index is 926. The van der Waals surface area contributed by atoms with E-state index in [4.69, 9.17) is 14.6 Å². The first-order chi connectivity index (χ1) is 14.3. The maximum atomic E-state index is 11.1. The molecule has 0 bridgehead atoms. The van der Waals surface area contributed by atoms with Gasteiger partial charge in [-0.1, -0.05) is 12.1 Å². The first-order valence-electron chi connectivity index (χ1n) is 9.07. The van der Waals surface area contributed by atoms with Crippen molar-refractivity contribution in [1.29, 1.82) is 0 Å². The first-order valence-corrected chi connectivity index (χ1v) is 9.07. The van der Waals surface area contributed by atoms with E-state index in [9.17, 15) is 24.9 Å². The topological polar surface area (TPSA) is 164 Å². The molecule has 1 aliphatic heterocycles. The fourth-order valence-electron chi connectivity index (χ4n) is 3.10. The van der Waals surface area contributed by atoms with Crippen molar-refractivity contribution in [3.05, 3.63) is 42.3 Å². The number of aliphatic hydroxyl groups excluding tert-OH is 3. The largest absolute Gasteiger partial charge is 0.480 e. The van der Waals surface area contributed by atoms with Crippen LogP contribution in [0.3, 0.4) is 0 Å². The van der Waals surface area contributed by atoms with Crippen LogP contribution in [0.25, 0.3) is 11.3 Å². The van der Waals surface area contributed by atoms with Crippen molar-refractivity contribution < 1.29 is 39.5 Å². The molecule has 5 atom stereocenters. The van der Waals surface area contributed by atoms with Crippen LogP contribution in [0, 0.1) is 5.92 Å². The quantitative estimate of drug-likeness (QED) is 0.413. The van der Waals surface area contributed by atoms with Crippen molar-refractivity contribution in [2.45, 2.75) is 37.9 Å². The Labute approximate surface area is 170 Å². The third-order valence-electron chi connectivity index (χ3n) is 4.83. The number of carboxylic acids is 1. The summed E-state index contributed by atoms with van der Waals surface area (Å²) in [6, 6.07) is 6.53. The van der Waals surface area contributed by atoms with Gasteiger partial charge in [0.25, 0.3) is 6.47 Å². The number of carboxylic acid groups (broad SMARTS) is 1. The van der Waals surface area contributed by atoms with Gasteiger partial charge in [-0.2, -0.15) is 0 Å². The minimum Gasteiger partial charge on any atom is -0.480 e. The lowest BCUT2D eigenvalue weighted by molar-refractivity contribution is -0.150. The lowest BCUT2D eigenvalue weighted by atomic mass is 9.89. The highest BCUT2D eigenvalue weighted by Gasteiger charge is 2.40. The van der Waals surface area contributed by atoms with Gasteiger partial charge in [0.15, 0.2) is 0 Å². The molecule has 0 saturated carbocycles. The Kier molecular flexibility index (Phi) is 6.45. The number of hydrogen-bond acceptors (Lipinski definition) is 9. The average molecular weight is 419 g/mol. The minimum absolute atomic E-state index is 0.144. The Morgan fingerprint density at radius 2 is 2.03 bits per heavy atom. The zero-order chi connectivity index (χ0) is 21.8. The van der Waals surface area contributed by atoms with Gasteiger partial charge in [-0.05, 0) is 30.3 Å². The number of hydrogen-bond donors (Lipinski definition) is 4. The molecule has 4 N–H and O–H groups in total. The second kappa shape index (κ2) is 9.03. The molecule has 11 nitrogen and oxygen atoms in total. The Hall–Kier alpha value is -3.28. The Morgan fingerprint density at radius 1 is 1.33 bits per heavy atom. The highest BCUT2D eigenvalue weighted by Crippen LogP contribution is 2.27. The molecule has 0 saturated heterocycles. The van der Waals surface area contributed by atoms with Crippen LogP contribution in [-0.4, -0.2) is 72.3 Å². The lowest BCUT2D eigenvalue weighted by Gasteiger charge is -2.36. The number of carbonyl (C=O) groups excluding carboxylic acids is 1. The van der Waals surface area contributed by atoms with Crippen LogP contribution < -0.4 is 4.74 Å². The molecule has 160 valence electrons. The number of benzene rings is 1. The van der Waals surface area contributed by atoms with Gasteiger partial charge in [-0.25, -0.2) is 9.48 Å². The predicted octanol–water partition coefficient (Wildman–Crippen LogP) is -0.434. The van der Waals surface area contributed by atoms with Gasteiger partial charge in [-0.15, -0.1) is 5.10 Å². The van der Waals surface area contributed by atoms with Gasteiger partial charge in [0.2, 0.25) is 5.76 Å². The summed E-state index contributed by atoms with van der Waals surface area (Å²) in [6.45, 7) is 1.75. The van der Waals surface area contributed by atoms with Gasteiger partial charge < -0.3 is 29.9 Å².